The highest BCUT2D eigenvalue weighted by molar-refractivity contribution is 7.53. The molecule has 0 rings (SSSR count). The molecular formula is C7H16NO3P. The summed E-state index contributed by atoms with van der Waals surface area (Å²) in [4.78, 5) is 17.6. The lowest BCUT2D eigenvalue weighted by Gasteiger charge is -2.25. The van der Waals surface area contributed by atoms with Gasteiger partial charge in [0.25, 0.3) is 0 Å². The van der Waals surface area contributed by atoms with E-state index in [0.717, 1.165) is 5.57 Å². The first-order valence-electron chi connectivity index (χ1n) is 3.66. The van der Waals surface area contributed by atoms with Gasteiger partial charge in [0.05, 0.1) is 0 Å². The SMILES string of the molecule is C=C(C)CCC(C)(N)P(=O)(O)O. The molecule has 0 saturated heterocycles. The van der Waals surface area contributed by atoms with E-state index in [0.29, 0.717) is 6.42 Å². The first-order chi connectivity index (χ1) is 5.17. The van der Waals surface area contributed by atoms with E-state index >= 15 is 0 Å². The van der Waals surface area contributed by atoms with Crippen molar-refractivity contribution in [3.05, 3.63) is 12.2 Å². The van der Waals surface area contributed by atoms with Gasteiger partial charge in [-0.25, -0.2) is 0 Å². The van der Waals surface area contributed by atoms with Gasteiger partial charge in [0.15, 0.2) is 0 Å². The van der Waals surface area contributed by atoms with E-state index in [1.165, 1.54) is 6.92 Å². The Morgan fingerprint density at radius 2 is 2.08 bits per heavy atom. The van der Waals surface area contributed by atoms with Crippen LogP contribution in [0, 0.1) is 0 Å². The number of nitrogens with two attached hydrogens (primary N) is 1. The first-order valence-corrected chi connectivity index (χ1v) is 5.27. The second-order valence-electron chi connectivity index (χ2n) is 3.36. The maximum atomic E-state index is 10.8. The lowest BCUT2D eigenvalue weighted by Crippen LogP contribution is -2.35. The van der Waals surface area contributed by atoms with Crippen LogP contribution in [0.25, 0.3) is 0 Å². The number of hydrogen-bond donors (Lipinski definition) is 3. The molecule has 0 aliphatic carbocycles. The summed E-state index contributed by atoms with van der Waals surface area (Å²) in [5, 5.41) is -1.42. The lowest BCUT2D eigenvalue weighted by atomic mass is 10.1. The Morgan fingerprint density at radius 3 is 2.33 bits per heavy atom. The zero-order chi connectivity index (χ0) is 9.99. The van der Waals surface area contributed by atoms with Crippen molar-refractivity contribution in [1.29, 1.82) is 0 Å². The van der Waals surface area contributed by atoms with Crippen molar-refractivity contribution in [2.75, 3.05) is 0 Å². The minimum Gasteiger partial charge on any atom is -0.323 e. The van der Waals surface area contributed by atoms with Gasteiger partial charge in [0, 0.05) is 0 Å². The van der Waals surface area contributed by atoms with E-state index in [-0.39, 0.29) is 6.42 Å². The largest absolute Gasteiger partial charge is 0.344 e. The highest BCUT2D eigenvalue weighted by atomic mass is 31.2. The average Bonchev–Trinajstić information content (AvgIpc) is 1.81. The summed E-state index contributed by atoms with van der Waals surface area (Å²) in [5.74, 6) is 0. The molecule has 0 spiro atoms. The molecule has 0 aromatic rings. The Hall–Kier alpha value is -0.150. The van der Waals surface area contributed by atoms with E-state index in [1.54, 1.807) is 6.92 Å². The molecule has 4 nitrogen and oxygen atoms in total. The van der Waals surface area contributed by atoms with Crippen molar-refractivity contribution in [3.8, 4) is 0 Å². The summed E-state index contributed by atoms with van der Waals surface area (Å²) < 4.78 is 10.8. The molecule has 0 saturated carbocycles. The molecule has 0 fully saturated rings. The molecular weight excluding hydrogens is 177 g/mol. The van der Waals surface area contributed by atoms with E-state index in [2.05, 4.69) is 6.58 Å². The summed E-state index contributed by atoms with van der Waals surface area (Å²) in [6, 6.07) is 0. The number of hydrogen-bond acceptors (Lipinski definition) is 2. The topological polar surface area (TPSA) is 83.6 Å². The molecule has 0 amide bonds. The van der Waals surface area contributed by atoms with Gasteiger partial charge in [-0.3, -0.25) is 4.57 Å². The maximum absolute atomic E-state index is 10.8. The van der Waals surface area contributed by atoms with Crippen LogP contribution in [0.4, 0.5) is 0 Å². The second-order valence-corrected chi connectivity index (χ2v) is 5.47. The molecule has 72 valence electrons. The molecule has 1 unspecified atom stereocenters. The maximum Gasteiger partial charge on any atom is 0.344 e. The van der Waals surface area contributed by atoms with Crippen molar-refractivity contribution in [2.24, 2.45) is 5.73 Å². The molecule has 1 atom stereocenters. The van der Waals surface area contributed by atoms with Crippen molar-refractivity contribution in [2.45, 2.75) is 32.0 Å². The van der Waals surface area contributed by atoms with Gasteiger partial charge in [-0.1, -0.05) is 5.57 Å². The number of rotatable bonds is 4. The van der Waals surface area contributed by atoms with E-state index in [4.69, 9.17) is 15.5 Å². The molecule has 0 aliphatic heterocycles. The van der Waals surface area contributed by atoms with Gasteiger partial charge >= 0.3 is 7.60 Å². The third kappa shape index (κ3) is 3.50. The minimum atomic E-state index is -4.19. The van der Waals surface area contributed by atoms with Gasteiger partial charge in [0.1, 0.15) is 5.28 Å². The van der Waals surface area contributed by atoms with Crippen LogP contribution < -0.4 is 5.73 Å². The van der Waals surface area contributed by atoms with Crippen molar-refractivity contribution in [3.63, 3.8) is 0 Å². The summed E-state index contributed by atoms with van der Waals surface area (Å²) in [6.45, 7) is 6.79. The van der Waals surface area contributed by atoms with Crippen LogP contribution >= 0.6 is 7.60 Å². The zero-order valence-corrected chi connectivity index (χ0v) is 8.34. The molecule has 5 heteroatoms. The van der Waals surface area contributed by atoms with E-state index in [9.17, 15) is 4.57 Å². The fourth-order valence-electron chi connectivity index (χ4n) is 0.612. The Morgan fingerprint density at radius 1 is 1.67 bits per heavy atom. The van der Waals surface area contributed by atoms with Crippen molar-refractivity contribution < 1.29 is 14.4 Å². The first kappa shape index (κ1) is 11.8. The smallest absolute Gasteiger partial charge is 0.323 e. The fraction of sp³-hybridized carbons (Fsp3) is 0.714. The molecule has 0 aromatic carbocycles. The molecule has 0 radical (unpaired) electrons. The second kappa shape index (κ2) is 3.71. The lowest BCUT2D eigenvalue weighted by molar-refractivity contribution is 0.325. The normalized spacial score (nSPS) is 17.1. The van der Waals surface area contributed by atoms with Crippen LogP contribution in [0.2, 0.25) is 0 Å². The third-order valence-electron chi connectivity index (χ3n) is 1.72. The van der Waals surface area contributed by atoms with Crippen molar-refractivity contribution >= 4 is 7.60 Å². The van der Waals surface area contributed by atoms with Gasteiger partial charge in [-0.15, -0.1) is 6.58 Å². The molecule has 0 aliphatic rings. The molecule has 0 bridgehead atoms. The van der Waals surface area contributed by atoms with Gasteiger partial charge in [0.2, 0.25) is 0 Å². The van der Waals surface area contributed by atoms with Crippen LogP contribution in [0.3, 0.4) is 0 Å². The highest BCUT2D eigenvalue weighted by Crippen LogP contribution is 2.49. The summed E-state index contributed by atoms with van der Waals surface area (Å²) in [5.41, 5.74) is 6.31. The summed E-state index contributed by atoms with van der Waals surface area (Å²) >= 11 is 0. The average molecular weight is 193 g/mol. The third-order valence-corrected chi connectivity index (χ3v) is 3.28. The van der Waals surface area contributed by atoms with Crippen LogP contribution in [-0.2, 0) is 4.57 Å². The minimum absolute atomic E-state index is 0.257. The monoisotopic (exact) mass is 193 g/mol. The molecule has 12 heavy (non-hydrogen) atoms. The zero-order valence-electron chi connectivity index (χ0n) is 7.45. The Labute approximate surface area is 72.6 Å². The Balaban J connectivity index is 4.24. The Bertz CT molecular complexity index is 219. The standard InChI is InChI=1S/C7H16NO3P/c1-6(2)4-5-7(3,8)12(9,10)11/h1,4-5,8H2,2-3H3,(H2,9,10,11). The van der Waals surface area contributed by atoms with E-state index in [1.807, 2.05) is 0 Å². The van der Waals surface area contributed by atoms with Gasteiger partial charge in [-0.2, -0.15) is 0 Å². The Kier molecular flexibility index (Phi) is 3.66. The summed E-state index contributed by atoms with van der Waals surface area (Å²) in [7, 11) is -4.19. The van der Waals surface area contributed by atoms with Gasteiger partial charge < -0.3 is 15.5 Å². The summed E-state index contributed by atoms with van der Waals surface area (Å²) in [6.07, 6.45) is 0.796. The quantitative estimate of drug-likeness (QED) is 0.462. The molecule has 4 N–H and O–H groups in total. The van der Waals surface area contributed by atoms with Crippen LogP contribution in [0.1, 0.15) is 26.7 Å². The molecule has 0 heterocycles. The van der Waals surface area contributed by atoms with Crippen LogP contribution in [0.5, 0.6) is 0 Å². The predicted molar refractivity (Wildman–Crippen MR) is 48.7 cm³/mol. The van der Waals surface area contributed by atoms with E-state index < -0.39 is 12.9 Å². The molecule has 0 aromatic heterocycles. The highest BCUT2D eigenvalue weighted by Gasteiger charge is 2.37. The predicted octanol–water partition coefficient (Wildman–Crippen LogP) is 1.20. The van der Waals surface area contributed by atoms with Gasteiger partial charge in [-0.05, 0) is 26.7 Å². The number of allylic oxidation sites excluding steroid dienone is 1. The van der Waals surface area contributed by atoms with Crippen LogP contribution in [-0.4, -0.2) is 15.1 Å². The fourth-order valence-corrected chi connectivity index (χ4v) is 1.02. The van der Waals surface area contributed by atoms with Crippen molar-refractivity contribution in [1.82, 2.24) is 0 Å². The van der Waals surface area contributed by atoms with Crippen LogP contribution in [0.15, 0.2) is 12.2 Å².